The zero-order valence-electron chi connectivity index (χ0n) is 8.89. The van der Waals surface area contributed by atoms with Crippen molar-refractivity contribution in [3.05, 3.63) is 59.1 Å². The topological polar surface area (TPSA) is 37.8 Å². The molecule has 0 spiro atoms. The Labute approximate surface area is 99.5 Å². The molecule has 1 atom stereocenters. The standard InChI is InChI=1S/C12H12ClN3/c1-14-12(10-6-15-8-16-7-10)9-2-4-11(13)5-3-9/h2-8,12,14H,1H3. The van der Waals surface area contributed by atoms with Crippen molar-refractivity contribution in [1.82, 2.24) is 15.3 Å². The summed E-state index contributed by atoms with van der Waals surface area (Å²) >= 11 is 5.86. The lowest BCUT2D eigenvalue weighted by Gasteiger charge is -2.16. The molecule has 82 valence electrons. The van der Waals surface area contributed by atoms with Crippen molar-refractivity contribution in [3.8, 4) is 0 Å². The van der Waals surface area contributed by atoms with Crippen LogP contribution >= 0.6 is 11.6 Å². The Morgan fingerprint density at radius 3 is 2.25 bits per heavy atom. The minimum Gasteiger partial charge on any atom is -0.309 e. The van der Waals surface area contributed by atoms with Crippen LogP contribution in [0.5, 0.6) is 0 Å². The summed E-state index contributed by atoms with van der Waals surface area (Å²) in [7, 11) is 1.91. The molecule has 2 aromatic rings. The number of nitrogens with zero attached hydrogens (tertiary/aromatic N) is 2. The van der Waals surface area contributed by atoms with Crippen LogP contribution in [0, 0.1) is 0 Å². The van der Waals surface area contributed by atoms with Crippen molar-refractivity contribution in [1.29, 1.82) is 0 Å². The van der Waals surface area contributed by atoms with E-state index in [1.54, 1.807) is 0 Å². The Morgan fingerprint density at radius 1 is 1.06 bits per heavy atom. The summed E-state index contributed by atoms with van der Waals surface area (Å²) in [5, 5.41) is 3.97. The van der Waals surface area contributed by atoms with Gasteiger partial charge in [-0.25, -0.2) is 9.97 Å². The molecule has 1 N–H and O–H groups in total. The van der Waals surface area contributed by atoms with Crippen LogP contribution in [0.15, 0.2) is 43.0 Å². The second-order valence-electron chi connectivity index (χ2n) is 3.45. The van der Waals surface area contributed by atoms with Crippen LogP contribution in [-0.2, 0) is 0 Å². The lowest BCUT2D eigenvalue weighted by Crippen LogP contribution is -2.17. The third kappa shape index (κ3) is 2.38. The molecule has 1 aromatic heterocycles. The average molecular weight is 234 g/mol. The van der Waals surface area contributed by atoms with E-state index in [0.29, 0.717) is 0 Å². The van der Waals surface area contributed by atoms with E-state index in [1.807, 2.05) is 43.7 Å². The lowest BCUT2D eigenvalue weighted by molar-refractivity contribution is 0.684. The van der Waals surface area contributed by atoms with Crippen LogP contribution in [0.1, 0.15) is 17.2 Å². The first-order valence-corrected chi connectivity index (χ1v) is 5.36. The van der Waals surface area contributed by atoms with E-state index in [1.165, 1.54) is 6.33 Å². The molecule has 0 amide bonds. The van der Waals surface area contributed by atoms with Gasteiger partial charge in [0, 0.05) is 23.0 Å². The van der Waals surface area contributed by atoms with Crippen LogP contribution in [-0.4, -0.2) is 17.0 Å². The fourth-order valence-corrected chi connectivity index (χ4v) is 1.77. The summed E-state index contributed by atoms with van der Waals surface area (Å²) in [4.78, 5) is 8.04. The highest BCUT2D eigenvalue weighted by molar-refractivity contribution is 6.30. The summed E-state index contributed by atoms with van der Waals surface area (Å²) in [6, 6.07) is 7.85. The highest BCUT2D eigenvalue weighted by Gasteiger charge is 2.11. The predicted molar refractivity (Wildman–Crippen MR) is 64.4 cm³/mol. The smallest absolute Gasteiger partial charge is 0.115 e. The summed E-state index contributed by atoms with van der Waals surface area (Å²) < 4.78 is 0. The maximum Gasteiger partial charge on any atom is 0.115 e. The van der Waals surface area contributed by atoms with Crippen molar-refractivity contribution >= 4 is 11.6 Å². The summed E-state index contributed by atoms with van der Waals surface area (Å²) in [6.07, 6.45) is 5.14. The Balaban J connectivity index is 2.33. The van der Waals surface area contributed by atoms with E-state index < -0.39 is 0 Å². The van der Waals surface area contributed by atoms with Crippen molar-refractivity contribution < 1.29 is 0 Å². The molecule has 0 aliphatic carbocycles. The fraction of sp³-hybridized carbons (Fsp3) is 0.167. The molecule has 3 nitrogen and oxygen atoms in total. The third-order valence-corrected chi connectivity index (χ3v) is 2.66. The van der Waals surface area contributed by atoms with E-state index in [-0.39, 0.29) is 6.04 Å². The van der Waals surface area contributed by atoms with E-state index >= 15 is 0 Å². The van der Waals surface area contributed by atoms with Gasteiger partial charge in [0.2, 0.25) is 0 Å². The largest absolute Gasteiger partial charge is 0.309 e. The highest BCUT2D eigenvalue weighted by Crippen LogP contribution is 2.21. The molecule has 0 saturated carbocycles. The molecule has 16 heavy (non-hydrogen) atoms. The van der Waals surface area contributed by atoms with Gasteiger partial charge >= 0.3 is 0 Å². The van der Waals surface area contributed by atoms with Crippen molar-refractivity contribution in [2.24, 2.45) is 0 Å². The zero-order chi connectivity index (χ0) is 11.4. The molecular weight excluding hydrogens is 222 g/mol. The first-order chi connectivity index (χ1) is 7.81. The number of hydrogen-bond acceptors (Lipinski definition) is 3. The van der Waals surface area contributed by atoms with Gasteiger partial charge in [0.05, 0.1) is 6.04 Å². The van der Waals surface area contributed by atoms with E-state index in [9.17, 15) is 0 Å². The predicted octanol–water partition coefficient (Wildman–Crippen LogP) is 2.44. The van der Waals surface area contributed by atoms with Crippen molar-refractivity contribution in [3.63, 3.8) is 0 Å². The SMILES string of the molecule is CNC(c1ccc(Cl)cc1)c1cncnc1. The van der Waals surface area contributed by atoms with Crippen molar-refractivity contribution in [2.45, 2.75) is 6.04 Å². The van der Waals surface area contributed by atoms with Crippen LogP contribution in [0.3, 0.4) is 0 Å². The first-order valence-electron chi connectivity index (χ1n) is 4.99. The van der Waals surface area contributed by atoms with E-state index in [0.717, 1.165) is 16.1 Å². The normalized spacial score (nSPS) is 12.4. The molecule has 1 aromatic carbocycles. The molecule has 1 heterocycles. The molecule has 0 saturated heterocycles. The molecule has 0 radical (unpaired) electrons. The maximum absolute atomic E-state index is 5.86. The quantitative estimate of drug-likeness (QED) is 0.885. The number of halogens is 1. The summed E-state index contributed by atoms with van der Waals surface area (Å²) in [5.41, 5.74) is 2.18. The molecule has 0 fully saturated rings. The highest BCUT2D eigenvalue weighted by atomic mass is 35.5. The Kier molecular flexibility index (Phi) is 3.49. The van der Waals surface area contributed by atoms with Gasteiger partial charge in [0.1, 0.15) is 6.33 Å². The first kappa shape index (κ1) is 11.0. The zero-order valence-corrected chi connectivity index (χ0v) is 9.65. The van der Waals surface area contributed by atoms with Crippen LogP contribution in [0.2, 0.25) is 5.02 Å². The van der Waals surface area contributed by atoms with E-state index in [2.05, 4.69) is 15.3 Å². The minimum atomic E-state index is 0.0958. The number of hydrogen-bond donors (Lipinski definition) is 1. The van der Waals surface area contributed by atoms with Crippen LogP contribution in [0.4, 0.5) is 0 Å². The molecule has 1 unspecified atom stereocenters. The molecule has 4 heteroatoms. The van der Waals surface area contributed by atoms with Gasteiger partial charge in [-0.3, -0.25) is 0 Å². The van der Waals surface area contributed by atoms with Gasteiger partial charge in [0.25, 0.3) is 0 Å². The fourth-order valence-electron chi connectivity index (χ4n) is 1.64. The molecule has 2 rings (SSSR count). The summed E-state index contributed by atoms with van der Waals surface area (Å²) in [5.74, 6) is 0. The number of rotatable bonds is 3. The second kappa shape index (κ2) is 5.05. The van der Waals surface area contributed by atoms with Gasteiger partial charge < -0.3 is 5.32 Å². The Hall–Kier alpha value is -1.45. The number of aromatic nitrogens is 2. The number of nitrogens with one attached hydrogen (secondary N) is 1. The monoisotopic (exact) mass is 233 g/mol. The van der Waals surface area contributed by atoms with Crippen molar-refractivity contribution in [2.75, 3.05) is 7.05 Å². The van der Waals surface area contributed by atoms with Gasteiger partial charge in [-0.1, -0.05) is 23.7 Å². The third-order valence-electron chi connectivity index (χ3n) is 2.41. The van der Waals surface area contributed by atoms with Gasteiger partial charge in [-0.05, 0) is 24.7 Å². The average Bonchev–Trinajstić information content (AvgIpc) is 2.34. The van der Waals surface area contributed by atoms with Gasteiger partial charge in [-0.15, -0.1) is 0 Å². The minimum absolute atomic E-state index is 0.0958. The lowest BCUT2D eigenvalue weighted by atomic mass is 10.0. The second-order valence-corrected chi connectivity index (χ2v) is 3.88. The van der Waals surface area contributed by atoms with E-state index in [4.69, 9.17) is 11.6 Å². The molecular formula is C12H12ClN3. The van der Waals surface area contributed by atoms with Gasteiger partial charge in [0.15, 0.2) is 0 Å². The van der Waals surface area contributed by atoms with Gasteiger partial charge in [-0.2, -0.15) is 0 Å². The molecule has 0 aliphatic rings. The number of benzene rings is 1. The Bertz CT molecular complexity index is 442. The maximum atomic E-state index is 5.86. The molecule has 0 bridgehead atoms. The summed E-state index contributed by atoms with van der Waals surface area (Å²) in [6.45, 7) is 0. The van der Waals surface area contributed by atoms with Crippen LogP contribution < -0.4 is 5.32 Å². The van der Waals surface area contributed by atoms with Crippen LogP contribution in [0.25, 0.3) is 0 Å². The molecule has 0 aliphatic heterocycles. The Morgan fingerprint density at radius 2 is 1.69 bits per heavy atom.